The van der Waals surface area contributed by atoms with Crippen molar-refractivity contribution >= 4 is 11.7 Å². The third-order valence-electron chi connectivity index (χ3n) is 3.95. The summed E-state index contributed by atoms with van der Waals surface area (Å²) in [6.07, 6.45) is 2.35. The summed E-state index contributed by atoms with van der Waals surface area (Å²) in [5, 5.41) is 6.09. The molecule has 0 spiro atoms. The van der Waals surface area contributed by atoms with E-state index in [-0.39, 0.29) is 11.7 Å². The number of aromatic nitrogens is 1. The van der Waals surface area contributed by atoms with E-state index in [1.807, 2.05) is 30.3 Å². The quantitative estimate of drug-likeness (QED) is 0.682. The lowest BCUT2D eigenvalue weighted by Gasteiger charge is -2.09. The summed E-state index contributed by atoms with van der Waals surface area (Å²) in [6.45, 7) is 1.13. The van der Waals surface area contributed by atoms with Gasteiger partial charge in [-0.15, -0.1) is 0 Å². The number of hydrogen-bond donors (Lipinski definition) is 2. The maximum atomic E-state index is 12.9. The van der Waals surface area contributed by atoms with Crippen LogP contribution in [0.25, 0.3) is 0 Å². The number of pyridine rings is 1. The SMILES string of the molecule is O=C(NCc1ccccc1)c1ccnc(NCCc2ccc(F)cc2)c1. The van der Waals surface area contributed by atoms with E-state index in [0.29, 0.717) is 24.5 Å². The molecule has 5 heteroatoms. The standard InChI is InChI=1S/C21H20FN3O/c22-19-8-6-16(7-9-19)10-12-23-20-14-18(11-13-24-20)21(26)25-15-17-4-2-1-3-5-17/h1-9,11,13-14H,10,12,15H2,(H,23,24)(H,25,26). The smallest absolute Gasteiger partial charge is 0.251 e. The number of nitrogens with one attached hydrogen (secondary N) is 2. The molecular formula is C21H20FN3O. The van der Waals surface area contributed by atoms with Gasteiger partial charge in [0.25, 0.3) is 5.91 Å². The fraction of sp³-hybridized carbons (Fsp3) is 0.143. The number of carbonyl (C=O) groups is 1. The van der Waals surface area contributed by atoms with E-state index >= 15 is 0 Å². The van der Waals surface area contributed by atoms with Crippen LogP contribution in [0.3, 0.4) is 0 Å². The normalized spacial score (nSPS) is 10.3. The zero-order valence-corrected chi connectivity index (χ0v) is 14.3. The van der Waals surface area contributed by atoms with Crippen LogP contribution in [0.1, 0.15) is 21.5 Å². The third kappa shape index (κ3) is 5.14. The number of benzene rings is 2. The van der Waals surface area contributed by atoms with Gasteiger partial charge in [0.15, 0.2) is 0 Å². The van der Waals surface area contributed by atoms with Crippen LogP contribution in [0.15, 0.2) is 72.9 Å². The Hall–Kier alpha value is -3.21. The molecule has 3 rings (SSSR count). The van der Waals surface area contributed by atoms with Gasteiger partial charge in [-0.1, -0.05) is 42.5 Å². The van der Waals surface area contributed by atoms with Crippen molar-refractivity contribution < 1.29 is 9.18 Å². The first-order chi connectivity index (χ1) is 12.7. The summed E-state index contributed by atoms with van der Waals surface area (Å²) in [7, 11) is 0. The Balaban J connectivity index is 1.52. The minimum absolute atomic E-state index is 0.141. The van der Waals surface area contributed by atoms with Crippen molar-refractivity contribution in [1.82, 2.24) is 10.3 Å². The topological polar surface area (TPSA) is 54.0 Å². The van der Waals surface area contributed by atoms with E-state index < -0.39 is 0 Å². The largest absolute Gasteiger partial charge is 0.370 e. The van der Waals surface area contributed by atoms with Crippen molar-refractivity contribution in [3.05, 3.63) is 95.4 Å². The maximum absolute atomic E-state index is 12.9. The number of amides is 1. The first kappa shape index (κ1) is 17.6. The molecule has 3 aromatic rings. The molecule has 0 unspecified atom stereocenters. The number of carbonyl (C=O) groups excluding carboxylic acids is 1. The molecule has 0 aliphatic rings. The Morgan fingerprint density at radius 2 is 1.73 bits per heavy atom. The predicted molar refractivity (Wildman–Crippen MR) is 100 cm³/mol. The second kappa shape index (κ2) is 8.76. The number of rotatable bonds is 7. The molecule has 4 nitrogen and oxygen atoms in total. The fourth-order valence-corrected chi connectivity index (χ4v) is 2.53. The first-order valence-corrected chi connectivity index (χ1v) is 8.47. The lowest BCUT2D eigenvalue weighted by Crippen LogP contribution is -2.23. The van der Waals surface area contributed by atoms with E-state index in [9.17, 15) is 9.18 Å². The molecule has 1 amide bonds. The minimum atomic E-state index is -0.238. The van der Waals surface area contributed by atoms with E-state index in [0.717, 1.165) is 17.5 Å². The van der Waals surface area contributed by atoms with Gasteiger partial charge in [-0.2, -0.15) is 0 Å². The Kier molecular flexibility index (Phi) is 5.93. The van der Waals surface area contributed by atoms with Crippen LogP contribution in [-0.2, 0) is 13.0 Å². The van der Waals surface area contributed by atoms with Crippen LogP contribution < -0.4 is 10.6 Å². The van der Waals surface area contributed by atoms with Crippen molar-refractivity contribution in [2.24, 2.45) is 0 Å². The summed E-state index contributed by atoms with van der Waals surface area (Å²) in [6, 6.07) is 19.6. The molecule has 0 radical (unpaired) electrons. The van der Waals surface area contributed by atoms with Crippen molar-refractivity contribution in [2.45, 2.75) is 13.0 Å². The van der Waals surface area contributed by atoms with E-state index in [1.54, 1.807) is 30.5 Å². The highest BCUT2D eigenvalue weighted by Crippen LogP contribution is 2.09. The molecular weight excluding hydrogens is 329 g/mol. The number of nitrogens with zero attached hydrogens (tertiary/aromatic N) is 1. The van der Waals surface area contributed by atoms with Gasteiger partial charge in [0.05, 0.1) is 0 Å². The highest BCUT2D eigenvalue weighted by atomic mass is 19.1. The van der Waals surface area contributed by atoms with Gasteiger partial charge in [-0.3, -0.25) is 4.79 Å². The van der Waals surface area contributed by atoms with Gasteiger partial charge in [0, 0.05) is 24.8 Å². The van der Waals surface area contributed by atoms with Crippen molar-refractivity contribution in [2.75, 3.05) is 11.9 Å². The summed E-state index contributed by atoms with van der Waals surface area (Å²) >= 11 is 0. The van der Waals surface area contributed by atoms with E-state index in [1.165, 1.54) is 12.1 Å². The van der Waals surface area contributed by atoms with Crippen LogP contribution in [-0.4, -0.2) is 17.4 Å². The third-order valence-corrected chi connectivity index (χ3v) is 3.95. The van der Waals surface area contributed by atoms with Crippen LogP contribution in [0.4, 0.5) is 10.2 Å². The second-order valence-corrected chi connectivity index (χ2v) is 5.90. The van der Waals surface area contributed by atoms with Gasteiger partial charge >= 0.3 is 0 Å². The average molecular weight is 349 g/mol. The predicted octanol–water partition coefficient (Wildman–Crippen LogP) is 3.81. The van der Waals surface area contributed by atoms with Crippen LogP contribution in [0.2, 0.25) is 0 Å². The summed E-state index contributed by atoms with van der Waals surface area (Å²) < 4.78 is 12.9. The molecule has 2 N–H and O–H groups in total. The number of anilines is 1. The second-order valence-electron chi connectivity index (χ2n) is 5.90. The number of halogens is 1. The van der Waals surface area contributed by atoms with E-state index in [2.05, 4.69) is 15.6 Å². The van der Waals surface area contributed by atoms with Gasteiger partial charge < -0.3 is 10.6 Å². The monoisotopic (exact) mass is 349 g/mol. The molecule has 0 bridgehead atoms. The summed E-state index contributed by atoms with van der Waals surface area (Å²) in [4.78, 5) is 16.5. The molecule has 0 aliphatic heterocycles. The molecule has 1 aromatic heterocycles. The Labute approximate surface area is 152 Å². The van der Waals surface area contributed by atoms with Gasteiger partial charge in [0.2, 0.25) is 0 Å². The molecule has 1 heterocycles. The Bertz CT molecular complexity index is 851. The van der Waals surface area contributed by atoms with E-state index in [4.69, 9.17) is 0 Å². The van der Waals surface area contributed by atoms with Crippen molar-refractivity contribution in [3.8, 4) is 0 Å². The lowest BCUT2D eigenvalue weighted by atomic mass is 10.1. The molecule has 0 atom stereocenters. The summed E-state index contributed by atoms with van der Waals surface area (Å²) in [5.74, 6) is 0.259. The van der Waals surface area contributed by atoms with Crippen molar-refractivity contribution in [3.63, 3.8) is 0 Å². The summed E-state index contributed by atoms with van der Waals surface area (Å²) in [5.41, 5.74) is 2.64. The zero-order chi connectivity index (χ0) is 18.2. The average Bonchev–Trinajstić information content (AvgIpc) is 2.69. The molecule has 132 valence electrons. The molecule has 0 saturated heterocycles. The molecule has 26 heavy (non-hydrogen) atoms. The first-order valence-electron chi connectivity index (χ1n) is 8.47. The van der Waals surface area contributed by atoms with Gasteiger partial charge in [-0.05, 0) is 41.8 Å². The number of hydrogen-bond acceptors (Lipinski definition) is 3. The highest BCUT2D eigenvalue weighted by molar-refractivity contribution is 5.94. The highest BCUT2D eigenvalue weighted by Gasteiger charge is 2.06. The Morgan fingerprint density at radius 1 is 0.962 bits per heavy atom. The molecule has 0 aliphatic carbocycles. The van der Waals surface area contributed by atoms with Gasteiger partial charge in [0.1, 0.15) is 11.6 Å². The fourth-order valence-electron chi connectivity index (χ4n) is 2.53. The maximum Gasteiger partial charge on any atom is 0.251 e. The van der Waals surface area contributed by atoms with Crippen molar-refractivity contribution in [1.29, 1.82) is 0 Å². The lowest BCUT2D eigenvalue weighted by molar-refractivity contribution is 0.0951. The van der Waals surface area contributed by atoms with Gasteiger partial charge in [-0.25, -0.2) is 9.37 Å². The Morgan fingerprint density at radius 3 is 2.50 bits per heavy atom. The molecule has 0 fully saturated rings. The van der Waals surface area contributed by atoms with Crippen LogP contribution in [0.5, 0.6) is 0 Å². The minimum Gasteiger partial charge on any atom is -0.370 e. The molecule has 2 aromatic carbocycles. The molecule has 0 saturated carbocycles. The van der Waals surface area contributed by atoms with Crippen LogP contribution in [0, 0.1) is 5.82 Å². The van der Waals surface area contributed by atoms with Crippen LogP contribution >= 0.6 is 0 Å². The zero-order valence-electron chi connectivity index (χ0n) is 14.3.